The van der Waals surface area contributed by atoms with Crippen molar-refractivity contribution >= 4 is 12.0 Å². The molecule has 1 aliphatic heterocycles. The molecule has 1 fully saturated rings. The van der Waals surface area contributed by atoms with E-state index in [0.717, 1.165) is 19.4 Å². The van der Waals surface area contributed by atoms with Gasteiger partial charge in [-0.05, 0) is 37.0 Å². The maximum atomic E-state index is 11.5. The first-order valence-corrected chi connectivity index (χ1v) is 8.12. The van der Waals surface area contributed by atoms with Gasteiger partial charge in [0.15, 0.2) is 0 Å². The fourth-order valence-electron chi connectivity index (χ4n) is 2.91. The van der Waals surface area contributed by atoms with Crippen LogP contribution in [0.25, 0.3) is 0 Å². The molecule has 1 aromatic carbocycles. The van der Waals surface area contributed by atoms with Crippen molar-refractivity contribution in [3.8, 4) is 5.75 Å². The molecule has 0 saturated carbocycles. The summed E-state index contributed by atoms with van der Waals surface area (Å²) in [6, 6.07) is 7.21. The number of hydrogen-bond acceptors (Lipinski definition) is 4. The van der Waals surface area contributed by atoms with E-state index in [1.54, 1.807) is 31.2 Å². The van der Waals surface area contributed by atoms with E-state index in [4.69, 9.17) is 9.84 Å². The van der Waals surface area contributed by atoms with Gasteiger partial charge in [0.25, 0.3) is 0 Å². The number of carbonyl (C=O) groups excluding carboxylic acids is 1. The number of ether oxygens (including phenoxy) is 1. The summed E-state index contributed by atoms with van der Waals surface area (Å²) in [4.78, 5) is 23.8. The fourth-order valence-corrected chi connectivity index (χ4v) is 2.91. The molecule has 1 heterocycles. The predicted octanol–water partition coefficient (Wildman–Crippen LogP) is 1.77. The van der Waals surface area contributed by atoms with E-state index in [1.165, 1.54) is 0 Å². The van der Waals surface area contributed by atoms with E-state index >= 15 is 0 Å². The highest BCUT2D eigenvalue weighted by Crippen LogP contribution is 2.23. The molecule has 0 aromatic heterocycles. The second-order valence-electron chi connectivity index (χ2n) is 5.93. The summed E-state index contributed by atoms with van der Waals surface area (Å²) in [7, 11) is 0. The molecule has 2 rings (SSSR count). The Labute approximate surface area is 141 Å². The molecule has 3 N–H and O–H groups in total. The van der Waals surface area contributed by atoms with E-state index in [1.807, 2.05) is 4.90 Å². The van der Waals surface area contributed by atoms with Gasteiger partial charge in [-0.25, -0.2) is 4.79 Å². The summed E-state index contributed by atoms with van der Waals surface area (Å²) in [5.74, 6) is 0.698. The Kier molecular flexibility index (Phi) is 6.43. The molecule has 7 nitrogen and oxygen atoms in total. The Morgan fingerprint density at radius 1 is 1.46 bits per heavy atom. The number of likely N-dealkylation sites (tertiary alicyclic amines) is 1. The zero-order chi connectivity index (χ0) is 17.5. The van der Waals surface area contributed by atoms with Gasteiger partial charge in [-0.15, -0.1) is 0 Å². The molecule has 1 aromatic rings. The minimum atomic E-state index is -1.11. The number of nitrogens with one attached hydrogen (secondary N) is 1. The van der Waals surface area contributed by atoms with Crippen molar-refractivity contribution in [1.82, 2.24) is 10.2 Å². The highest BCUT2D eigenvalue weighted by atomic mass is 16.5. The number of amides is 2. The minimum Gasteiger partial charge on any atom is -0.491 e. The molecular weight excluding hydrogens is 312 g/mol. The molecule has 24 heavy (non-hydrogen) atoms. The Bertz CT molecular complexity index is 578. The quantitative estimate of drug-likeness (QED) is 0.705. The minimum absolute atomic E-state index is 0.0659. The molecule has 0 aliphatic carbocycles. The molecule has 1 aliphatic rings. The third kappa shape index (κ3) is 5.13. The van der Waals surface area contributed by atoms with Crippen molar-refractivity contribution < 1.29 is 24.5 Å². The zero-order valence-corrected chi connectivity index (χ0v) is 13.8. The fraction of sp³-hybridized carbons (Fsp3) is 0.529. The van der Waals surface area contributed by atoms with Gasteiger partial charge in [0.2, 0.25) is 5.91 Å². The predicted molar refractivity (Wildman–Crippen MR) is 88.0 cm³/mol. The third-order valence-electron chi connectivity index (χ3n) is 4.16. The molecule has 7 heteroatoms. The molecule has 2 amide bonds. The standard InChI is InChI=1S/C17H24N2O5/c1-12(20)19-9-3-5-14(19)11-24-15-6-2-4-13(10-15)16(21)7-8-18-17(22)23/h2,4,6,10,14,16,18,21H,3,5,7-9,11H2,1H3,(H,22,23)/t14-,16+/m0/s1. The van der Waals surface area contributed by atoms with Crippen molar-refractivity contribution in [2.75, 3.05) is 19.7 Å². The monoisotopic (exact) mass is 336 g/mol. The lowest BCUT2D eigenvalue weighted by atomic mass is 10.1. The first-order valence-electron chi connectivity index (χ1n) is 8.12. The molecule has 1 saturated heterocycles. The average Bonchev–Trinajstić information content (AvgIpc) is 3.01. The SMILES string of the molecule is CC(=O)N1CCC[C@H]1COc1cccc([C@H](O)CCNC(=O)O)c1. The number of aliphatic hydroxyl groups is 1. The van der Waals surface area contributed by atoms with Crippen LogP contribution in [0.3, 0.4) is 0 Å². The van der Waals surface area contributed by atoms with Crippen molar-refractivity contribution in [3.63, 3.8) is 0 Å². The van der Waals surface area contributed by atoms with Crippen LogP contribution in [0.2, 0.25) is 0 Å². The lowest BCUT2D eigenvalue weighted by Crippen LogP contribution is -2.37. The van der Waals surface area contributed by atoms with E-state index < -0.39 is 12.2 Å². The van der Waals surface area contributed by atoms with Crippen LogP contribution >= 0.6 is 0 Å². The average molecular weight is 336 g/mol. The largest absolute Gasteiger partial charge is 0.491 e. The van der Waals surface area contributed by atoms with Gasteiger partial charge >= 0.3 is 6.09 Å². The lowest BCUT2D eigenvalue weighted by Gasteiger charge is -2.23. The van der Waals surface area contributed by atoms with E-state index in [9.17, 15) is 14.7 Å². The summed E-state index contributed by atoms with van der Waals surface area (Å²) in [6.45, 7) is 2.95. The number of hydrogen-bond donors (Lipinski definition) is 3. The van der Waals surface area contributed by atoms with Gasteiger partial charge < -0.3 is 25.2 Å². The summed E-state index contributed by atoms with van der Waals surface area (Å²) < 4.78 is 5.79. The number of rotatable bonds is 7. The molecule has 0 bridgehead atoms. The Hall–Kier alpha value is -2.28. The smallest absolute Gasteiger partial charge is 0.404 e. The van der Waals surface area contributed by atoms with Crippen LogP contribution in [0, 0.1) is 0 Å². The highest BCUT2D eigenvalue weighted by molar-refractivity contribution is 5.73. The molecule has 0 radical (unpaired) electrons. The van der Waals surface area contributed by atoms with E-state index in [0.29, 0.717) is 17.9 Å². The van der Waals surface area contributed by atoms with Crippen LogP contribution in [-0.4, -0.2) is 52.9 Å². The van der Waals surface area contributed by atoms with Crippen molar-refractivity contribution in [1.29, 1.82) is 0 Å². The van der Waals surface area contributed by atoms with Gasteiger partial charge in [0.1, 0.15) is 12.4 Å². The molecule has 132 valence electrons. The zero-order valence-electron chi connectivity index (χ0n) is 13.8. The van der Waals surface area contributed by atoms with E-state index in [2.05, 4.69) is 5.32 Å². The Morgan fingerprint density at radius 2 is 2.25 bits per heavy atom. The number of nitrogens with zero attached hydrogens (tertiary/aromatic N) is 1. The summed E-state index contributed by atoms with van der Waals surface area (Å²) in [6.07, 6.45) is 0.341. The van der Waals surface area contributed by atoms with Crippen LogP contribution in [0.4, 0.5) is 4.79 Å². The van der Waals surface area contributed by atoms with Crippen LogP contribution in [0.15, 0.2) is 24.3 Å². The highest BCUT2D eigenvalue weighted by Gasteiger charge is 2.26. The van der Waals surface area contributed by atoms with Gasteiger partial charge in [-0.3, -0.25) is 4.79 Å². The summed E-state index contributed by atoms with van der Waals surface area (Å²) in [5.41, 5.74) is 0.675. The summed E-state index contributed by atoms with van der Waals surface area (Å²) >= 11 is 0. The number of carboxylic acid groups (broad SMARTS) is 1. The van der Waals surface area contributed by atoms with Gasteiger partial charge in [0.05, 0.1) is 12.1 Å². The Balaban J connectivity index is 1.88. The van der Waals surface area contributed by atoms with Crippen LogP contribution < -0.4 is 10.1 Å². The first kappa shape index (κ1) is 18.1. The molecule has 0 spiro atoms. The van der Waals surface area contributed by atoms with Crippen molar-refractivity contribution in [3.05, 3.63) is 29.8 Å². The topological polar surface area (TPSA) is 99.1 Å². The van der Waals surface area contributed by atoms with Gasteiger partial charge in [-0.1, -0.05) is 12.1 Å². The van der Waals surface area contributed by atoms with Gasteiger partial charge in [0, 0.05) is 20.0 Å². The first-order chi connectivity index (χ1) is 11.5. The summed E-state index contributed by atoms with van der Waals surface area (Å²) in [5, 5.41) is 20.9. The van der Waals surface area contributed by atoms with Crippen LogP contribution in [0.5, 0.6) is 5.75 Å². The second-order valence-corrected chi connectivity index (χ2v) is 5.93. The number of carbonyl (C=O) groups is 2. The molecule has 2 atom stereocenters. The van der Waals surface area contributed by atoms with Gasteiger partial charge in [-0.2, -0.15) is 0 Å². The molecular formula is C17H24N2O5. The molecule has 0 unspecified atom stereocenters. The van der Waals surface area contributed by atoms with Crippen molar-refractivity contribution in [2.45, 2.75) is 38.3 Å². The normalized spacial score (nSPS) is 18.2. The maximum absolute atomic E-state index is 11.5. The van der Waals surface area contributed by atoms with Crippen molar-refractivity contribution in [2.24, 2.45) is 0 Å². The lowest BCUT2D eigenvalue weighted by molar-refractivity contribution is -0.130. The number of benzene rings is 1. The number of aliphatic hydroxyl groups excluding tert-OH is 1. The van der Waals surface area contributed by atoms with E-state index in [-0.39, 0.29) is 24.9 Å². The third-order valence-corrected chi connectivity index (χ3v) is 4.16. The van der Waals surface area contributed by atoms with Crippen LogP contribution in [0.1, 0.15) is 37.9 Å². The Morgan fingerprint density at radius 3 is 2.96 bits per heavy atom. The second kappa shape index (κ2) is 8.54. The van der Waals surface area contributed by atoms with Crippen LogP contribution in [-0.2, 0) is 4.79 Å². The maximum Gasteiger partial charge on any atom is 0.404 e.